The Kier molecular flexibility index (Phi) is 3.83. The van der Waals surface area contributed by atoms with E-state index in [2.05, 4.69) is 31.3 Å². The highest BCUT2D eigenvalue weighted by Gasteiger charge is 2.01. The number of likely N-dealkylation sites (N-methyl/N-ethyl adjacent to an activating group) is 1. The molecule has 0 radical (unpaired) electrons. The molecule has 3 N–H and O–H groups in total. The van der Waals surface area contributed by atoms with Crippen LogP contribution in [0.15, 0.2) is 0 Å². The van der Waals surface area contributed by atoms with Crippen LogP contribution < -0.4 is 10.6 Å². The quantitative estimate of drug-likeness (QED) is 0.513. The van der Waals surface area contributed by atoms with Crippen molar-refractivity contribution in [3.63, 3.8) is 0 Å². The van der Waals surface area contributed by atoms with Crippen LogP contribution >= 0.6 is 0 Å². The van der Waals surface area contributed by atoms with Crippen LogP contribution in [0.1, 0.15) is 12.7 Å². The first-order valence-electron chi connectivity index (χ1n) is 4.02. The highest BCUT2D eigenvalue weighted by atomic mass is 16.1. The summed E-state index contributed by atoms with van der Waals surface area (Å²) >= 11 is 0. The standard InChI is InChI=1S/C6H12N6O/c1-2-7-4-6(13)8-3-5-9-11-12-10-5/h7H,2-4H2,1H3,(H,8,13)(H,9,10,11,12). The molecule has 1 aromatic rings. The first kappa shape index (κ1) is 9.59. The number of aromatic amines is 1. The van der Waals surface area contributed by atoms with Crippen LogP contribution in [-0.4, -0.2) is 39.6 Å². The monoisotopic (exact) mass is 184 g/mol. The second-order valence-corrected chi connectivity index (χ2v) is 2.39. The number of aromatic nitrogens is 4. The largest absolute Gasteiger partial charge is 0.348 e. The van der Waals surface area contributed by atoms with Gasteiger partial charge in [0, 0.05) is 0 Å². The van der Waals surface area contributed by atoms with Crippen molar-refractivity contribution in [2.75, 3.05) is 13.1 Å². The van der Waals surface area contributed by atoms with Gasteiger partial charge in [-0.3, -0.25) is 4.79 Å². The van der Waals surface area contributed by atoms with E-state index in [1.54, 1.807) is 0 Å². The minimum Gasteiger partial charge on any atom is -0.348 e. The molecule has 0 atom stereocenters. The van der Waals surface area contributed by atoms with Crippen molar-refractivity contribution in [1.82, 2.24) is 31.3 Å². The topological polar surface area (TPSA) is 95.6 Å². The zero-order valence-corrected chi connectivity index (χ0v) is 7.37. The highest BCUT2D eigenvalue weighted by Crippen LogP contribution is 1.80. The molecule has 0 saturated heterocycles. The summed E-state index contributed by atoms with van der Waals surface area (Å²) in [5.41, 5.74) is 0. The summed E-state index contributed by atoms with van der Waals surface area (Å²) in [5, 5.41) is 18.6. The minimum atomic E-state index is -0.0772. The Morgan fingerprint density at radius 3 is 3.08 bits per heavy atom. The lowest BCUT2D eigenvalue weighted by Gasteiger charge is -2.01. The smallest absolute Gasteiger partial charge is 0.234 e. The molecule has 1 aromatic heterocycles. The van der Waals surface area contributed by atoms with Gasteiger partial charge < -0.3 is 10.6 Å². The van der Waals surface area contributed by atoms with E-state index in [1.165, 1.54) is 0 Å². The first-order chi connectivity index (χ1) is 6.33. The Balaban J connectivity index is 2.15. The van der Waals surface area contributed by atoms with Crippen LogP contribution in [0.2, 0.25) is 0 Å². The second-order valence-electron chi connectivity index (χ2n) is 2.39. The van der Waals surface area contributed by atoms with E-state index < -0.39 is 0 Å². The number of nitrogens with zero attached hydrogens (tertiary/aromatic N) is 3. The van der Waals surface area contributed by atoms with Gasteiger partial charge in [-0.2, -0.15) is 5.21 Å². The van der Waals surface area contributed by atoms with Gasteiger partial charge in [-0.15, -0.1) is 10.2 Å². The molecule has 0 bridgehead atoms. The fourth-order valence-electron chi connectivity index (χ4n) is 0.736. The van der Waals surface area contributed by atoms with Crippen LogP contribution in [0.4, 0.5) is 0 Å². The third-order valence-corrected chi connectivity index (χ3v) is 1.37. The molecule has 0 saturated carbocycles. The molecule has 0 spiro atoms. The average Bonchev–Trinajstić information content (AvgIpc) is 2.64. The molecule has 0 aliphatic carbocycles. The average molecular weight is 184 g/mol. The van der Waals surface area contributed by atoms with Gasteiger partial charge in [0.25, 0.3) is 0 Å². The van der Waals surface area contributed by atoms with Crippen molar-refractivity contribution >= 4 is 5.91 Å². The van der Waals surface area contributed by atoms with Crippen molar-refractivity contribution in [3.05, 3.63) is 5.82 Å². The Morgan fingerprint density at radius 2 is 2.46 bits per heavy atom. The molecule has 0 aliphatic rings. The third kappa shape index (κ3) is 3.61. The molecule has 0 fully saturated rings. The number of amides is 1. The number of carbonyl (C=O) groups is 1. The maximum absolute atomic E-state index is 11.0. The van der Waals surface area contributed by atoms with E-state index >= 15 is 0 Å². The van der Waals surface area contributed by atoms with Crippen molar-refractivity contribution in [3.8, 4) is 0 Å². The van der Waals surface area contributed by atoms with Crippen molar-refractivity contribution in [2.45, 2.75) is 13.5 Å². The molecule has 0 unspecified atom stereocenters. The number of tetrazole rings is 1. The molecule has 7 nitrogen and oxygen atoms in total. The van der Waals surface area contributed by atoms with Crippen molar-refractivity contribution in [1.29, 1.82) is 0 Å². The zero-order chi connectivity index (χ0) is 9.52. The van der Waals surface area contributed by atoms with Crippen molar-refractivity contribution < 1.29 is 4.79 Å². The maximum Gasteiger partial charge on any atom is 0.234 e. The van der Waals surface area contributed by atoms with Crippen LogP contribution in [0.3, 0.4) is 0 Å². The zero-order valence-electron chi connectivity index (χ0n) is 7.37. The van der Waals surface area contributed by atoms with Gasteiger partial charge in [-0.1, -0.05) is 12.1 Å². The molecule has 1 amide bonds. The van der Waals surface area contributed by atoms with Gasteiger partial charge >= 0.3 is 0 Å². The van der Waals surface area contributed by atoms with Gasteiger partial charge in [-0.25, -0.2) is 0 Å². The molecule has 7 heteroatoms. The summed E-state index contributed by atoms with van der Waals surface area (Å²) < 4.78 is 0. The summed E-state index contributed by atoms with van der Waals surface area (Å²) in [5.74, 6) is 0.400. The predicted octanol–water partition coefficient (Wildman–Crippen LogP) is -1.57. The van der Waals surface area contributed by atoms with Gasteiger partial charge in [0.2, 0.25) is 5.91 Å². The molecule has 72 valence electrons. The summed E-state index contributed by atoms with van der Waals surface area (Å²) in [7, 11) is 0. The molecule has 13 heavy (non-hydrogen) atoms. The number of hydrogen-bond acceptors (Lipinski definition) is 5. The molecular weight excluding hydrogens is 172 g/mol. The van der Waals surface area contributed by atoms with Crippen LogP contribution in [0.5, 0.6) is 0 Å². The normalized spacial score (nSPS) is 9.92. The number of nitrogens with one attached hydrogen (secondary N) is 3. The van der Waals surface area contributed by atoms with E-state index in [0.29, 0.717) is 18.9 Å². The number of carbonyl (C=O) groups excluding carboxylic acids is 1. The Bertz CT molecular complexity index is 246. The predicted molar refractivity (Wildman–Crippen MR) is 44.6 cm³/mol. The molecule has 1 rings (SSSR count). The minimum absolute atomic E-state index is 0.0772. The summed E-state index contributed by atoms with van der Waals surface area (Å²) in [6, 6.07) is 0. The third-order valence-electron chi connectivity index (χ3n) is 1.37. The molecule has 0 aromatic carbocycles. The Morgan fingerprint density at radius 1 is 1.62 bits per heavy atom. The summed E-state index contributed by atoms with van der Waals surface area (Å²) in [4.78, 5) is 11.0. The molecule has 0 aliphatic heterocycles. The van der Waals surface area contributed by atoms with Crippen LogP contribution in [0.25, 0.3) is 0 Å². The summed E-state index contributed by atoms with van der Waals surface area (Å²) in [6.45, 7) is 3.33. The van der Waals surface area contributed by atoms with Gasteiger partial charge in [-0.05, 0) is 6.54 Å². The molecular formula is C6H12N6O. The van der Waals surface area contributed by atoms with Gasteiger partial charge in [0.05, 0.1) is 13.1 Å². The van der Waals surface area contributed by atoms with E-state index in [0.717, 1.165) is 6.54 Å². The lowest BCUT2D eigenvalue weighted by atomic mass is 10.5. The fraction of sp³-hybridized carbons (Fsp3) is 0.667. The lowest BCUT2D eigenvalue weighted by molar-refractivity contribution is -0.120. The fourth-order valence-corrected chi connectivity index (χ4v) is 0.736. The van der Waals surface area contributed by atoms with E-state index in [4.69, 9.17) is 0 Å². The van der Waals surface area contributed by atoms with E-state index in [9.17, 15) is 4.79 Å². The summed E-state index contributed by atoms with van der Waals surface area (Å²) in [6.07, 6.45) is 0. The SMILES string of the molecule is CCNCC(=O)NCc1nn[nH]n1. The van der Waals surface area contributed by atoms with Gasteiger partial charge in [0.15, 0.2) is 5.82 Å². The highest BCUT2D eigenvalue weighted by molar-refractivity contribution is 5.77. The van der Waals surface area contributed by atoms with E-state index in [1.807, 2.05) is 6.92 Å². The Labute approximate surface area is 75.3 Å². The first-order valence-corrected chi connectivity index (χ1v) is 4.02. The molecule has 1 heterocycles. The maximum atomic E-state index is 11.0. The number of rotatable bonds is 5. The number of H-pyrrole nitrogens is 1. The van der Waals surface area contributed by atoms with Gasteiger partial charge in [0.1, 0.15) is 0 Å². The number of hydrogen-bond donors (Lipinski definition) is 3. The van der Waals surface area contributed by atoms with E-state index in [-0.39, 0.29) is 5.91 Å². The lowest BCUT2D eigenvalue weighted by Crippen LogP contribution is -2.33. The van der Waals surface area contributed by atoms with Crippen LogP contribution in [-0.2, 0) is 11.3 Å². The Hall–Kier alpha value is -1.50. The second kappa shape index (κ2) is 5.20. The van der Waals surface area contributed by atoms with Crippen LogP contribution in [0, 0.1) is 0 Å². The van der Waals surface area contributed by atoms with Crippen molar-refractivity contribution in [2.24, 2.45) is 0 Å².